The number of hydrogen-bond donors (Lipinski definition) is 2. The second-order valence-electron chi connectivity index (χ2n) is 4.96. The molecule has 0 saturated heterocycles. The summed E-state index contributed by atoms with van der Waals surface area (Å²) in [6.45, 7) is 4.19. The molecule has 0 spiro atoms. The van der Waals surface area contributed by atoms with Gasteiger partial charge in [0.2, 0.25) is 0 Å². The summed E-state index contributed by atoms with van der Waals surface area (Å²) in [6, 6.07) is 6.34. The van der Waals surface area contributed by atoms with E-state index in [1.165, 1.54) is 29.8 Å². The van der Waals surface area contributed by atoms with Crippen LogP contribution in [0.3, 0.4) is 0 Å². The third-order valence-electron chi connectivity index (χ3n) is 3.26. The van der Waals surface area contributed by atoms with Gasteiger partial charge in [-0.15, -0.1) is 0 Å². The molecule has 1 aliphatic heterocycles. The minimum absolute atomic E-state index is 0. The number of aromatic nitrogens is 1. The zero-order chi connectivity index (χ0) is 14.2. The van der Waals surface area contributed by atoms with Gasteiger partial charge in [0.25, 0.3) is 0 Å². The first-order valence-electron chi connectivity index (χ1n) is 7.15. The van der Waals surface area contributed by atoms with Crippen molar-refractivity contribution in [3.8, 4) is 0 Å². The second-order valence-corrected chi connectivity index (χ2v) is 5.74. The predicted octanol–water partition coefficient (Wildman–Crippen LogP) is 3.50. The number of thiophene rings is 1. The third kappa shape index (κ3) is 4.62. The van der Waals surface area contributed by atoms with Crippen molar-refractivity contribution in [2.24, 2.45) is 0 Å². The van der Waals surface area contributed by atoms with E-state index in [4.69, 9.17) is 0 Å². The fraction of sp³-hybridized carbons (Fsp3) is 0.438. The average molecular weight is 291 g/mol. The Morgan fingerprint density at radius 3 is 3.05 bits per heavy atom. The molecule has 4 heteroatoms. The number of nitrogens with zero attached hydrogens (tertiary/aromatic N) is 1. The molecule has 0 atom stereocenters. The monoisotopic (exact) mass is 291 g/mol. The summed E-state index contributed by atoms with van der Waals surface area (Å²) in [5, 5.41) is 10.7. The molecule has 0 bridgehead atoms. The molecule has 1 aliphatic rings. The molecule has 0 radical (unpaired) electrons. The topological polar surface area (TPSA) is 37.0 Å². The van der Waals surface area contributed by atoms with E-state index in [1.54, 1.807) is 11.3 Å². The molecule has 0 aliphatic carbocycles. The van der Waals surface area contributed by atoms with Crippen molar-refractivity contribution in [2.45, 2.75) is 26.2 Å². The van der Waals surface area contributed by atoms with E-state index in [-0.39, 0.29) is 1.43 Å². The molecule has 0 saturated carbocycles. The summed E-state index contributed by atoms with van der Waals surface area (Å²) in [4.78, 5) is 4.39. The van der Waals surface area contributed by atoms with Gasteiger partial charge in [0.05, 0.1) is 11.4 Å². The molecule has 2 aromatic rings. The lowest BCUT2D eigenvalue weighted by Crippen LogP contribution is -2.07. The second kappa shape index (κ2) is 8.02. The van der Waals surface area contributed by atoms with Crippen LogP contribution in [0.2, 0.25) is 0 Å². The Hall–Kier alpha value is -1.39. The Bertz CT molecular complexity index is 514. The van der Waals surface area contributed by atoms with Crippen LogP contribution in [0.4, 0.5) is 5.69 Å². The van der Waals surface area contributed by atoms with E-state index < -0.39 is 0 Å². The van der Waals surface area contributed by atoms with E-state index in [0.717, 1.165) is 25.2 Å². The van der Waals surface area contributed by atoms with Crippen LogP contribution in [0.1, 0.15) is 24.8 Å². The molecule has 110 valence electrons. The van der Waals surface area contributed by atoms with Gasteiger partial charge in [0.1, 0.15) is 0 Å². The molecule has 3 nitrogen and oxygen atoms in total. The summed E-state index contributed by atoms with van der Waals surface area (Å²) in [5.41, 5.74) is 5.02. The first-order valence-corrected chi connectivity index (χ1v) is 8.10. The Morgan fingerprint density at radius 2 is 2.30 bits per heavy atom. The molecular formula is C16H25N3S. The van der Waals surface area contributed by atoms with Crippen molar-refractivity contribution in [1.82, 2.24) is 10.3 Å². The molecule has 2 aromatic heterocycles. The summed E-state index contributed by atoms with van der Waals surface area (Å²) in [7, 11) is 1.99. The maximum Gasteiger partial charge on any atom is 0.0655 e. The largest absolute Gasteiger partial charge is 0.383 e. The summed E-state index contributed by atoms with van der Waals surface area (Å²) < 4.78 is 0. The van der Waals surface area contributed by atoms with Gasteiger partial charge in [-0.3, -0.25) is 4.98 Å². The predicted molar refractivity (Wildman–Crippen MR) is 89.8 cm³/mol. The average Bonchev–Trinajstić information content (AvgIpc) is 3.10. The van der Waals surface area contributed by atoms with Crippen LogP contribution in [0.15, 0.2) is 29.0 Å². The minimum atomic E-state index is 0. The summed E-state index contributed by atoms with van der Waals surface area (Å²) in [6.07, 6.45) is 3.54. The third-order valence-corrected chi connectivity index (χ3v) is 4.00. The standard InChI is InChI=1S/C8H10N2.C8H13NS.H2/c1-6-2-3-7-8(10-6)4-5-9-7;1-9-5-2-3-8-4-6-10-7-8;/h2-3,9H,4-5H2,1H3;4,6-7,9H,2-3,5H2,1H3;1H. The van der Waals surface area contributed by atoms with Crippen LogP contribution in [0.5, 0.6) is 0 Å². The molecule has 2 N–H and O–H groups in total. The van der Waals surface area contributed by atoms with Gasteiger partial charge in [-0.05, 0) is 67.9 Å². The Kier molecular flexibility index (Phi) is 6.02. The van der Waals surface area contributed by atoms with Gasteiger partial charge in [-0.1, -0.05) is 0 Å². The van der Waals surface area contributed by atoms with Crippen molar-refractivity contribution in [3.05, 3.63) is 45.9 Å². The fourth-order valence-electron chi connectivity index (χ4n) is 2.18. The molecular weight excluding hydrogens is 266 g/mol. The van der Waals surface area contributed by atoms with Crippen LogP contribution in [0, 0.1) is 6.92 Å². The first kappa shape index (κ1) is 15.0. The number of hydrogen-bond acceptors (Lipinski definition) is 4. The van der Waals surface area contributed by atoms with Crippen molar-refractivity contribution in [1.29, 1.82) is 0 Å². The minimum Gasteiger partial charge on any atom is -0.383 e. The zero-order valence-corrected chi connectivity index (χ0v) is 13.1. The maximum atomic E-state index is 4.39. The van der Waals surface area contributed by atoms with E-state index in [9.17, 15) is 0 Å². The van der Waals surface area contributed by atoms with Gasteiger partial charge >= 0.3 is 0 Å². The number of anilines is 1. The van der Waals surface area contributed by atoms with Crippen LogP contribution in [0.25, 0.3) is 0 Å². The Labute approximate surface area is 126 Å². The zero-order valence-electron chi connectivity index (χ0n) is 12.3. The molecule has 20 heavy (non-hydrogen) atoms. The van der Waals surface area contributed by atoms with Gasteiger partial charge in [-0.25, -0.2) is 0 Å². The van der Waals surface area contributed by atoms with E-state index >= 15 is 0 Å². The molecule has 0 amide bonds. The van der Waals surface area contributed by atoms with Crippen molar-refractivity contribution in [2.75, 3.05) is 25.5 Å². The van der Waals surface area contributed by atoms with E-state index in [0.29, 0.717) is 0 Å². The Balaban J connectivity index is 0.000000200. The Morgan fingerprint density at radius 1 is 1.40 bits per heavy atom. The smallest absolute Gasteiger partial charge is 0.0655 e. The van der Waals surface area contributed by atoms with Gasteiger partial charge in [0.15, 0.2) is 0 Å². The number of aryl methyl sites for hydroxylation is 2. The van der Waals surface area contributed by atoms with Crippen molar-refractivity contribution in [3.63, 3.8) is 0 Å². The molecule has 0 unspecified atom stereocenters. The van der Waals surface area contributed by atoms with Crippen LogP contribution < -0.4 is 10.6 Å². The van der Waals surface area contributed by atoms with Gasteiger partial charge in [0, 0.05) is 20.1 Å². The fourth-order valence-corrected chi connectivity index (χ4v) is 2.88. The molecule has 3 rings (SSSR count). The number of fused-ring (bicyclic) bond motifs is 1. The van der Waals surface area contributed by atoms with Gasteiger partial charge < -0.3 is 10.6 Å². The van der Waals surface area contributed by atoms with Crippen LogP contribution >= 0.6 is 11.3 Å². The highest BCUT2D eigenvalue weighted by atomic mass is 32.1. The van der Waals surface area contributed by atoms with Crippen molar-refractivity contribution >= 4 is 17.0 Å². The summed E-state index contributed by atoms with van der Waals surface area (Å²) in [5.74, 6) is 0. The maximum absolute atomic E-state index is 4.39. The normalized spacial score (nSPS) is 12.3. The van der Waals surface area contributed by atoms with Crippen LogP contribution in [-0.2, 0) is 12.8 Å². The number of nitrogens with one attached hydrogen (secondary N) is 2. The highest BCUT2D eigenvalue weighted by Crippen LogP contribution is 2.19. The summed E-state index contributed by atoms with van der Waals surface area (Å²) >= 11 is 1.78. The lowest BCUT2D eigenvalue weighted by atomic mass is 10.2. The number of rotatable bonds is 4. The van der Waals surface area contributed by atoms with E-state index in [2.05, 4.69) is 38.5 Å². The van der Waals surface area contributed by atoms with E-state index in [1.807, 2.05) is 20.0 Å². The highest BCUT2D eigenvalue weighted by Gasteiger charge is 2.09. The quantitative estimate of drug-likeness (QED) is 0.847. The molecule has 0 fully saturated rings. The molecule has 3 heterocycles. The van der Waals surface area contributed by atoms with Crippen LogP contribution in [-0.4, -0.2) is 25.1 Å². The lowest BCUT2D eigenvalue weighted by Gasteiger charge is -1.97. The van der Waals surface area contributed by atoms with Crippen molar-refractivity contribution < 1.29 is 1.43 Å². The number of pyridine rings is 1. The lowest BCUT2D eigenvalue weighted by molar-refractivity contribution is 0.726. The first-order chi connectivity index (χ1) is 9.79. The highest BCUT2D eigenvalue weighted by molar-refractivity contribution is 7.07. The van der Waals surface area contributed by atoms with Gasteiger partial charge in [-0.2, -0.15) is 11.3 Å². The SMILES string of the molecule is CNCCCc1ccsc1.Cc1ccc2c(n1)CCN2.[HH]. The molecule has 0 aromatic carbocycles.